The standard InChI is InChI=1S/C24H26Br2N2O5S/c1-14(2)22(28-23(32)16-8-17(25)10-18(26)9-16)24(33)27-19(11-21(30)31)20(29)13-34-12-15-6-4-3-5-7-15/h3-10,14,19,22H,11-13H2,1-2H3,(H,27,33)(H,28,32)(H,30,31). The van der Waals surface area contributed by atoms with Crippen molar-refractivity contribution in [1.29, 1.82) is 0 Å². The van der Waals surface area contributed by atoms with E-state index in [9.17, 15) is 24.3 Å². The Morgan fingerprint density at radius 3 is 2.15 bits per heavy atom. The number of Topliss-reactive ketones (excluding diaryl/α,β-unsaturated/α-hetero) is 1. The number of nitrogens with one attached hydrogen (secondary N) is 2. The maximum absolute atomic E-state index is 13.0. The number of hydrogen-bond acceptors (Lipinski definition) is 5. The highest BCUT2D eigenvalue weighted by Gasteiger charge is 2.30. The first-order valence-corrected chi connectivity index (χ1v) is 13.2. The number of ketones is 1. The Labute approximate surface area is 219 Å². The number of benzene rings is 2. The molecule has 2 atom stereocenters. The van der Waals surface area contributed by atoms with E-state index in [4.69, 9.17) is 0 Å². The average molecular weight is 614 g/mol. The van der Waals surface area contributed by atoms with E-state index in [0.29, 0.717) is 20.3 Å². The molecule has 2 unspecified atom stereocenters. The molecule has 0 aromatic heterocycles. The van der Waals surface area contributed by atoms with Gasteiger partial charge in [0, 0.05) is 20.3 Å². The van der Waals surface area contributed by atoms with E-state index in [2.05, 4.69) is 42.5 Å². The van der Waals surface area contributed by atoms with Gasteiger partial charge in [-0.25, -0.2) is 0 Å². The third kappa shape index (κ3) is 9.23. The van der Waals surface area contributed by atoms with Crippen LogP contribution in [0.3, 0.4) is 0 Å². The van der Waals surface area contributed by atoms with Crippen LogP contribution < -0.4 is 10.6 Å². The number of carboxylic acids is 1. The first-order chi connectivity index (χ1) is 16.1. The van der Waals surface area contributed by atoms with Crippen LogP contribution in [0, 0.1) is 5.92 Å². The van der Waals surface area contributed by atoms with Gasteiger partial charge >= 0.3 is 5.97 Å². The number of carbonyl (C=O) groups excluding carboxylic acids is 3. The van der Waals surface area contributed by atoms with Crippen molar-refractivity contribution in [3.8, 4) is 0 Å². The zero-order valence-electron chi connectivity index (χ0n) is 18.7. The summed E-state index contributed by atoms with van der Waals surface area (Å²) in [5.41, 5.74) is 1.39. The number of halogens is 2. The zero-order chi connectivity index (χ0) is 25.3. The SMILES string of the molecule is CC(C)C(NC(=O)c1cc(Br)cc(Br)c1)C(=O)NC(CC(=O)O)C(=O)CSCc1ccccc1. The number of aliphatic carboxylic acids is 1. The van der Waals surface area contributed by atoms with Crippen molar-refractivity contribution in [2.45, 2.75) is 38.1 Å². The van der Waals surface area contributed by atoms with Crippen LogP contribution in [0.5, 0.6) is 0 Å². The van der Waals surface area contributed by atoms with Gasteiger partial charge in [0.05, 0.1) is 18.2 Å². The monoisotopic (exact) mass is 612 g/mol. The van der Waals surface area contributed by atoms with Crippen molar-refractivity contribution in [1.82, 2.24) is 10.6 Å². The number of thioether (sulfide) groups is 1. The Morgan fingerprint density at radius 2 is 1.59 bits per heavy atom. The normalized spacial score (nSPS) is 12.6. The zero-order valence-corrected chi connectivity index (χ0v) is 22.7. The van der Waals surface area contributed by atoms with Gasteiger partial charge in [-0.15, -0.1) is 11.8 Å². The summed E-state index contributed by atoms with van der Waals surface area (Å²) in [5, 5.41) is 14.5. The number of amides is 2. The van der Waals surface area contributed by atoms with Gasteiger partial charge < -0.3 is 15.7 Å². The molecule has 2 rings (SSSR count). The summed E-state index contributed by atoms with van der Waals surface area (Å²) in [6, 6.07) is 12.5. The van der Waals surface area contributed by atoms with Gasteiger partial charge in [0.25, 0.3) is 5.91 Å². The van der Waals surface area contributed by atoms with Gasteiger partial charge in [-0.3, -0.25) is 19.2 Å². The van der Waals surface area contributed by atoms with Gasteiger partial charge in [0.15, 0.2) is 5.78 Å². The summed E-state index contributed by atoms with van der Waals surface area (Å²) in [5.74, 6) is -2.31. The topological polar surface area (TPSA) is 113 Å². The van der Waals surface area contributed by atoms with Crippen molar-refractivity contribution < 1.29 is 24.3 Å². The van der Waals surface area contributed by atoms with E-state index in [1.54, 1.807) is 32.0 Å². The summed E-state index contributed by atoms with van der Waals surface area (Å²) in [6.45, 7) is 3.51. The summed E-state index contributed by atoms with van der Waals surface area (Å²) in [4.78, 5) is 49.8. The molecule has 2 aromatic rings. The van der Waals surface area contributed by atoms with Crippen LogP contribution in [0.4, 0.5) is 0 Å². The van der Waals surface area contributed by atoms with Crippen molar-refractivity contribution >= 4 is 67.2 Å². The maximum atomic E-state index is 13.0. The van der Waals surface area contributed by atoms with Gasteiger partial charge in [-0.1, -0.05) is 76.0 Å². The fourth-order valence-corrected chi connectivity index (χ4v) is 5.30. The quantitative estimate of drug-likeness (QED) is 0.327. The van der Waals surface area contributed by atoms with Crippen LogP contribution in [0.1, 0.15) is 36.2 Å². The molecule has 7 nitrogen and oxygen atoms in total. The largest absolute Gasteiger partial charge is 0.481 e. The van der Waals surface area contributed by atoms with E-state index in [1.807, 2.05) is 30.3 Å². The second-order valence-corrected chi connectivity index (χ2v) is 10.8. The molecule has 0 fully saturated rings. The Hall–Kier alpha value is -2.17. The summed E-state index contributed by atoms with van der Waals surface area (Å²) < 4.78 is 1.38. The van der Waals surface area contributed by atoms with E-state index < -0.39 is 36.3 Å². The Morgan fingerprint density at radius 1 is 0.971 bits per heavy atom. The first-order valence-electron chi connectivity index (χ1n) is 10.5. The minimum atomic E-state index is -1.20. The van der Waals surface area contributed by atoms with Gasteiger partial charge in [0.2, 0.25) is 5.91 Å². The molecule has 0 bridgehead atoms. The summed E-state index contributed by atoms with van der Waals surface area (Å²) in [7, 11) is 0. The summed E-state index contributed by atoms with van der Waals surface area (Å²) >= 11 is 8.01. The molecule has 2 amide bonds. The lowest BCUT2D eigenvalue weighted by Gasteiger charge is -2.24. The highest BCUT2D eigenvalue weighted by molar-refractivity contribution is 9.11. The highest BCUT2D eigenvalue weighted by Crippen LogP contribution is 2.20. The van der Waals surface area contributed by atoms with Crippen molar-refractivity contribution in [3.63, 3.8) is 0 Å². The molecular formula is C24H26Br2N2O5S. The molecule has 0 aliphatic heterocycles. The number of hydrogen-bond donors (Lipinski definition) is 3. The van der Waals surface area contributed by atoms with Crippen LogP contribution in [0.2, 0.25) is 0 Å². The van der Waals surface area contributed by atoms with E-state index in [-0.39, 0.29) is 17.5 Å². The third-order valence-corrected chi connectivity index (χ3v) is 6.74. The first kappa shape index (κ1) is 28.1. The Bertz CT molecular complexity index is 1010. The molecule has 3 N–H and O–H groups in total. The lowest BCUT2D eigenvalue weighted by atomic mass is 10.0. The lowest BCUT2D eigenvalue weighted by molar-refractivity contribution is -0.140. The fraction of sp³-hybridized carbons (Fsp3) is 0.333. The highest BCUT2D eigenvalue weighted by atomic mass is 79.9. The Balaban J connectivity index is 2.05. The number of rotatable bonds is 12. The number of carbonyl (C=O) groups is 4. The lowest BCUT2D eigenvalue weighted by Crippen LogP contribution is -2.54. The molecule has 2 aromatic carbocycles. The average Bonchev–Trinajstić information content (AvgIpc) is 2.76. The molecule has 34 heavy (non-hydrogen) atoms. The molecule has 0 aliphatic rings. The predicted octanol–water partition coefficient (Wildman–Crippen LogP) is 4.43. The molecule has 0 heterocycles. The van der Waals surface area contributed by atoms with Gasteiger partial charge in [-0.2, -0.15) is 0 Å². The molecule has 182 valence electrons. The smallest absolute Gasteiger partial charge is 0.305 e. The van der Waals surface area contributed by atoms with Crippen LogP contribution in [0.15, 0.2) is 57.5 Å². The van der Waals surface area contributed by atoms with Crippen LogP contribution in [-0.2, 0) is 20.1 Å². The van der Waals surface area contributed by atoms with Crippen molar-refractivity contribution in [2.75, 3.05) is 5.75 Å². The molecule has 0 radical (unpaired) electrons. The van der Waals surface area contributed by atoms with Crippen LogP contribution in [0.25, 0.3) is 0 Å². The van der Waals surface area contributed by atoms with E-state index in [0.717, 1.165) is 5.56 Å². The Kier molecular flexibility index (Phi) is 11.3. The molecule has 0 spiro atoms. The molecular weight excluding hydrogens is 588 g/mol. The van der Waals surface area contributed by atoms with Crippen LogP contribution >= 0.6 is 43.6 Å². The van der Waals surface area contributed by atoms with Crippen LogP contribution in [-0.4, -0.2) is 46.5 Å². The minimum Gasteiger partial charge on any atom is -0.481 e. The van der Waals surface area contributed by atoms with Gasteiger partial charge in [0.1, 0.15) is 6.04 Å². The van der Waals surface area contributed by atoms with Gasteiger partial charge in [-0.05, 0) is 29.7 Å². The van der Waals surface area contributed by atoms with E-state index >= 15 is 0 Å². The maximum Gasteiger partial charge on any atom is 0.305 e. The second kappa shape index (κ2) is 13.7. The number of carboxylic acid groups (broad SMARTS) is 1. The minimum absolute atomic E-state index is 0.0535. The molecule has 0 saturated heterocycles. The van der Waals surface area contributed by atoms with Crippen molar-refractivity contribution in [2.24, 2.45) is 5.92 Å². The third-order valence-electron chi connectivity index (χ3n) is 4.80. The summed E-state index contributed by atoms with van der Waals surface area (Å²) in [6.07, 6.45) is -0.534. The van der Waals surface area contributed by atoms with E-state index in [1.165, 1.54) is 11.8 Å². The molecule has 10 heteroatoms. The molecule has 0 aliphatic carbocycles. The van der Waals surface area contributed by atoms with Crippen molar-refractivity contribution in [3.05, 3.63) is 68.6 Å². The fourth-order valence-electron chi connectivity index (χ4n) is 3.07. The second-order valence-electron chi connectivity index (χ2n) is 7.96. The molecule has 0 saturated carbocycles. The predicted molar refractivity (Wildman–Crippen MR) is 140 cm³/mol.